The van der Waals surface area contributed by atoms with Crippen LogP contribution in [0.4, 0.5) is 0 Å². The van der Waals surface area contributed by atoms with Crippen molar-refractivity contribution in [2.24, 2.45) is 0 Å². The van der Waals surface area contributed by atoms with Gasteiger partial charge in [-0.15, -0.1) is 0 Å². The maximum Gasteiger partial charge on any atom is 0.355 e. The molecule has 3 rings (SSSR count). The molecule has 0 saturated heterocycles. The highest BCUT2D eigenvalue weighted by atomic mass is 16.4. The molecule has 0 bridgehead atoms. The smallest absolute Gasteiger partial charge is 0.355 e. The third-order valence-corrected chi connectivity index (χ3v) is 3.65. The SMILES string of the molecule is N#Cc1cccc(CNC2=C(C(=O)O)N3C=CCC=C3C=C2)c1. The average Bonchev–Trinajstić information content (AvgIpc) is 2.59. The van der Waals surface area contributed by atoms with Gasteiger partial charge < -0.3 is 15.3 Å². The number of nitrogens with zero attached hydrogens (tertiary/aromatic N) is 2. The van der Waals surface area contributed by atoms with Crippen molar-refractivity contribution in [2.75, 3.05) is 0 Å². The zero-order chi connectivity index (χ0) is 16.2. The highest BCUT2D eigenvalue weighted by Crippen LogP contribution is 2.27. The first-order chi connectivity index (χ1) is 11.2. The lowest BCUT2D eigenvalue weighted by Crippen LogP contribution is -2.30. The Kier molecular flexibility index (Phi) is 3.98. The predicted molar refractivity (Wildman–Crippen MR) is 85.5 cm³/mol. The number of benzene rings is 1. The van der Waals surface area contributed by atoms with Crippen molar-refractivity contribution in [1.29, 1.82) is 5.26 Å². The van der Waals surface area contributed by atoms with Crippen molar-refractivity contribution in [3.63, 3.8) is 0 Å². The third-order valence-electron chi connectivity index (χ3n) is 3.65. The van der Waals surface area contributed by atoms with Gasteiger partial charge >= 0.3 is 5.97 Å². The molecule has 1 aromatic carbocycles. The molecule has 2 N–H and O–H groups in total. The van der Waals surface area contributed by atoms with E-state index in [1.807, 2.05) is 30.4 Å². The van der Waals surface area contributed by atoms with E-state index in [1.165, 1.54) is 0 Å². The summed E-state index contributed by atoms with van der Waals surface area (Å²) >= 11 is 0. The van der Waals surface area contributed by atoms with E-state index in [2.05, 4.69) is 11.4 Å². The van der Waals surface area contributed by atoms with Crippen molar-refractivity contribution in [1.82, 2.24) is 10.2 Å². The molecule has 0 spiro atoms. The molecule has 5 nitrogen and oxygen atoms in total. The fourth-order valence-corrected chi connectivity index (χ4v) is 2.58. The topological polar surface area (TPSA) is 76.4 Å². The van der Waals surface area contributed by atoms with Gasteiger partial charge in [-0.2, -0.15) is 5.26 Å². The van der Waals surface area contributed by atoms with E-state index in [9.17, 15) is 9.90 Å². The second kappa shape index (κ2) is 6.24. The van der Waals surface area contributed by atoms with E-state index in [0.717, 1.165) is 17.7 Å². The molecule has 2 heterocycles. The number of carbonyl (C=O) groups is 1. The second-order valence-electron chi connectivity index (χ2n) is 5.19. The summed E-state index contributed by atoms with van der Waals surface area (Å²) in [5, 5.41) is 21.6. The molecule has 1 aromatic rings. The molecule has 0 aliphatic carbocycles. The summed E-state index contributed by atoms with van der Waals surface area (Å²) in [7, 11) is 0. The number of nitrogens with one attached hydrogen (secondary N) is 1. The summed E-state index contributed by atoms with van der Waals surface area (Å²) in [6, 6.07) is 9.33. The molecule has 0 amide bonds. The third kappa shape index (κ3) is 3.01. The number of carboxylic acids is 1. The van der Waals surface area contributed by atoms with Crippen LogP contribution in [0, 0.1) is 11.3 Å². The van der Waals surface area contributed by atoms with Crippen molar-refractivity contribution in [3.8, 4) is 6.07 Å². The Morgan fingerprint density at radius 2 is 2.26 bits per heavy atom. The van der Waals surface area contributed by atoms with E-state index in [-0.39, 0.29) is 5.70 Å². The minimum atomic E-state index is -0.986. The van der Waals surface area contributed by atoms with Crippen LogP contribution < -0.4 is 5.32 Å². The van der Waals surface area contributed by atoms with E-state index in [0.29, 0.717) is 17.8 Å². The van der Waals surface area contributed by atoms with Crippen molar-refractivity contribution in [2.45, 2.75) is 13.0 Å². The zero-order valence-electron chi connectivity index (χ0n) is 12.4. The average molecular weight is 305 g/mol. The number of aliphatic carboxylic acids is 1. The molecule has 23 heavy (non-hydrogen) atoms. The quantitative estimate of drug-likeness (QED) is 0.894. The molecule has 5 heteroatoms. The Labute approximate surface area is 134 Å². The van der Waals surface area contributed by atoms with Crippen LogP contribution in [0.1, 0.15) is 17.5 Å². The molecule has 2 aliphatic rings. The minimum absolute atomic E-state index is 0.200. The van der Waals surface area contributed by atoms with Gasteiger partial charge in [-0.3, -0.25) is 0 Å². The Morgan fingerprint density at radius 1 is 1.39 bits per heavy atom. The Morgan fingerprint density at radius 3 is 3.04 bits per heavy atom. The fourth-order valence-electron chi connectivity index (χ4n) is 2.58. The number of nitriles is 1. The summed E-state index contributed by atoms with van der Waals surface area (Å²) in [6.07, 6.45) is 10.1. The van der Waals surface area contributed by atoms with Crippen molar-refractivity contribution in [3.05, 3.63) is 83.0 Å². The van der Waals surface area contributed by atoms with Crippen molar-refractivity contribution >= 4 is 5.97 Å². The number of fused-ring (bicyclic) bond motifs is 1. The first kappa shape index (κ1) is 14.7. The molecular formula is C18H15N3O2. The Bertz CT molecular complexity index is 810. The second-order valence-corrected chi connectivity index (χ2v) is 5.19. The number of rotatable bonds is 4. The standard InChI is InChI=1S/C18H15N3O2/c19-11-13-4-3-5-14(10-13)12-20-16-8-7-15-6-1-2-9-21(15)17(16)18(22)23/h2-10,20H,1,12H2,(H,22,23). The van der Waals surface area contributed by atoms with E-state index < -0.39 is 5.97 Å². The van der Waals surface area contributed by atoms with Gasteiger partial charge in [0.1, 0.15) is 0 Å². The molecule has 0 fully saturated rings. The van der Waals surface area contributed by atoms with Crippen LogP contribution in [0.25, 0.3) is 0 Å². The molecule has 0 radical (unpaired) electrons. The first-order valence-corrected chi connectivity index (χ1v) is 7.23. The van der Waals surface area contributed by atoms with Crippen LogP contribution in [0.15, 0.2) is 71.9 Å². The molecule has 114 valence electrons. The molecule has 0 unspecified atom stereocenters. The van der Waals surface area contributed by atoms with E-state index in [1.54, 1.807) is 29.3 Å². The van der Waals surface area contributed by atoms with Gasteiger partial charge in [0.15, 0.2) is 5.70 Å². The number of carboxylic acid groups (broad SMARTS) is 1. The minimum Gasteiger partial charge on any atom is -0.476 e. The van der Waals surface area contributed by atoms with Crippen LogP contribution in [-0.2, 0) is 11.3 Å². The molecule has 0 saturated carbocycles. The molecular weight excluding hydrogens is 290 g/mol. The molecule has 0 aromatic heterocycles. The zero-order valence-corrected chi connectivity index (χ0v) is 12.4. The van der Waals surface area contributed by atoms with Crippen LogP contribution in [-0.4, -0.2) is 16.0 Å². The maximum atomic E-state index is 11.7. The summed E-state index contributed by atoms with van der Waals surface area (Å²) in [5.41, 5.74) is 3.11. The van der Waals surface area contributed by atoms with Crippen LogP contribution >= 0.6 is 0 Å². The predicted octanol–water partition coefficient (Wildman–Crippen LogP) is 2.62. The van der Waals surface area contributed by atoms with Crippen molar-refractivity contribution < 1.29 is 9.90 Å². The van der Waals surface area contributed by atoms with E-state index >= 15 is 0 Å². The first-order valence-electron chi connectivity index (χ1n) is 7.23. The lowest BCUT2D eigenvalue weighted by molar-refractivity contribution is -0.134. The lowest BCUT2D eigenvalue weighted by atomic mass is 10.1. The highest BCUT2D eigenvalue weighted by molar-refractivity contribution is 5.89. The van der Waals surface area contributed by atoms with Crippen LogP contribution in [0.3, 0.4) is 0 Å². The monoisotopic (exact) mass is 305 g/mol. The number of hydrogen-bond acceptors (Lipinski definition) is 4. The van der Waals surface area contributed by atoms with Gasteiger partial charge in [0, 0.05) is 18.4 Å². The van der Waals surface area contributed by atoms with Gasteiger partial charge in [-0.25, -0.2) is 4.79 Å². The van der Waals surface area contributed by atoms with Crippen LogP contribution in [0.2, 0.25) is 0 Å². The summed E-state index contributed by atoms with van der Waals surface area (Å²) in [6.45, 7) is 0.447. The van der Waals surface area contributed by atoms with Gasteiger partial charge in [0.05, 0.1) is 17.3 Å². The van der Waals surface area contributed by atoms with Crippen LogP contribution in [0.5, 0.6) is 0 Å². The summed E-state index contributed by atoms with van der Waals surface area (Å²) in [4.78, 5) is 13.3. The molecule has 2 aliphatic heterocycles. The number of allylic oxidation sites excluding steroid dienone is 4. The molecule has 0 atom stereocenters. The lowest BCUT2D eigenvalue weighted by Gasteiger charge is -2.29. The fraction of sp³-hybridized carbons (Fsp3) is 0.111. The van der Waals surface area contributed by atoms with Gasteiger partial charge in [0.25, 0.3) is 0 Å². The largest absolute Gasteiger partial charge is 0.476 e. The van der Waals surface area contributed by atoms with Gasteiger partial charge in [0.2, 0.25) is 0 Å². The summed E-state index contributed by atoms with van der Waals surface area (Å²) < 4.78 is 0. The Hall–Kier alpha value is -3.26. The Balaban J connectivity index is 1.85. The van der Waals surface area contributed by atoms with Gasteiger partial charge in [-0.1, -0.05) is 24.3 Å². The maximum absolute atomic E-state index is 11.7. The van der Waals surface area contributed by atoms with Gasteiger partial charge in [-0.05, 0) is 36.3 Å². The highest BCUT2D eigenvalue weighted by Gasteiger charge is 2.25. The number of hydrogen-bond donors (Lipinski definition) is 2. The normalized spacial score (nSPS) is 15.8. The summed E-state index contributed by atoms with van der Waals surface area (Å²) in [5.74, 6) is -0.986. The van der Waals surface area contributed by atoms with E-state index in [4.69, 9.17) is 5.26 Å².